The molecule has 1 amide bonds. The van der Waals surface area contributed by atoms with Gasteiger partial charge in [-0.2, -0.15) is 0 Å². The van der Waals surface area contributed by atoms with Gasteiger partial charge in [0.05, 0.1) is 5.69 Å². The van der Waals surface area contributed by atoms with Crippen molar-refractivity contribution in [3.05, 3.63) is 48.0 Å². The molecule has 0 spiro atoms. The van der Waals surface area contributed by atoms with Crippen molar-refractivity contribution in [3.63, 3.8) is 0 Å². The number of hydrogen-bond donors (Lipinski definition) is 2. The molecule has 0 saturated carbocycles. The predicted molar refractivity (Wildman–Crippen MR) is 77.7 cm³/mol. The van der Waals surface area contributed by atoms with E-state index in [0.29, 0.717) is 22.7 Å². The monoisotopic (exact) mass is 274 g/mol. The maximum atomic E-state index is 11.1. The van der Waals surface area contributed by atoms with Crippen LogP contribution in [0.2, 0.25) is 0 Å². The lowest BCUT2D eigenvalue weighted by Gasteiger charge is -2.09. The standard InChI is InChI=1S/C14H14N2O2S/c1-19-11-5-3-10(4-6-11)18-13-8-9(14(16)17)2-7-12(13)15/h2-8H,15H2,1H3,(H2,16,17). The summed E-state index contributed by atoms with van der Waals surface area (Å²) in [4.78, 5) is 12.3. The highest BCUT2D eigenvalue weighted by Gasteiger charge is 2.07. The molecule has 2 rings (SSSR count). The van der Waals surface area contributed by atoms with Crippen molar-refractivity contribution >= 4 is 23.4 Å². The van der Waals surface area contributed by atoms with E-state index in [4.69, 9.17) is 16.2 Å². The number of carbonyl (C=O) groups is 1. The van der Waals surface area contributed by atoms with Crippen LogP contribution in [0.4, 0.5) is 5.69 Å². The highest BCUT2D eigenvalue weighted by atomic mass is 32.2. The smallest absolute Gasteiger partial charge is 0.248 e. The van der Waals surface area contributed by atoms with Gasteiger partial charge in [0.15, 0.2) is 5.75 Å². The predicted octanol–water partition coefficient (Wildman–Crippen LogP) is 2.88. The van der Waals surface area contributed by atoms with Crippen LogP contribution in [0.15, 0.2) is 47.4 Å². The molecule has 0 aliphatic carbocycles. The summed E-state index contributed by atoms with van der Waals surface area (Å²) in [5, 5.41) is 0. The number of nitrogen functional groups attached to an aromatic ring is 1. The zero-order chi connectivity index (χ0) is 13.8. The van der Waals surface area contributed by atoms with Gasteiger partial charge in [0.25, 0.3) is 0 Å². The van der Waals surface area contributed by atoms with Gasteiger partial charge in [-0.3, -0.25) is 4.79 Å². The Hall–Kier alpha value is -2.14. The summed E-state index contributed by atoms with van der Waals surface area (Å²) in [5.74, 6) is 0.571. The molecule has 2 aromatic rings. The number of anilines is 1. The van der Waals surface area contributed by atoms with E-state index in [9.17, 15) is 4.79 Å². The SMILES string of the molecule is CSc1ccc(Oc2cc(C(N)=O)ccc2N)cc1. The first-order valence-electron chi connectivity index (χ1n) is 5.61. The Labute approximate surface area is 115 Å². The minimum atomic E-state index is -0.511. The highest BCUT2D eigenvalue weighted by Crippen LogP contribution is 2.29. The fourth-order valence-corrected chi connectivity index (χ4v) is 1.96. The van der Waals surface area contributed by atoms with E-state index < -0.39 is 5.91 Å². The summed E-state index contributed by atoms with van der Waals surface area (Å²) in [6.07, 6.45) is 2.00. The molecule has 0 saturated heterocycles. The third kappa shape index (κ3) is 3.20. The third-order valence-corrected chi connectivity index (χ3v) is 3.33. The first kappa shape index (κ1) is 13.3. The van der Waals surface area contributed by atoms with E-state index in [1.165, 1.54) is 0 Å². The maximum absolute atomic E-state index is 11.1. The van der Waals surface area contributed by atoms with E-state index in [-0.39, 0.29) is 0 Å². The van der Waals surface area contributed by atoms with Gasteiger partial charge < -0.3 is 16.2 Å². The molecule has 0 radical (unpaired) electrons. The average Bonchev–Trinajstić information content (AvgIpc) is 2.42. The summed E-state index contributed by atoms with van der Waals surface area (Å²) in [6.45, 7) is 0. The van der Waals surface area contributed by atoms with Gasteiger partial charge in [0.1, 0.15) is 5.75 Å². The summed E-state index contributed by atoms with van der Waals surface area (Å²) >= 11 is 1.65. The quantitative estimate of drug-likeness (QED) is 0.663. The van der Waals surface area contributed by atoms with Gasteiger partial charge in [-0.25, -0.2) is 0 Å². The topological polar surface area (TPSA) is 78.3 Å². The van der Waals surface area contributed by atoms with Crippen LogP contribution in [0.5, 0.6) is 11.5 Å². The molecule has 0 aliphatic rings. The lowest BCUT2D eigenvalue weighted by molar-refractivity contribution is 0.1000. The molecule has 2 aromatic carbocycles. The van der Waals surface area contributed by atoms with Crippen molar-refractivity contribution in [3.8, 4) is 11.5 Å². The van der Waals surface area contributed by atoms with Crippen LogP contribution in [0.25, 0.3) is 0 Å². The van der Waals surface area contributed by atoms with Crippen LogP contribution in [-0.4, -0.2) is 12.2 Å². The molecular weight excluding hydrogens is 260 g/mol. The van der Waals surface area contributed by atoms with Gasteiger partial charge in [0, 0.05) is 10.5 Å². The molecule has 0 aliphatic heterocycles. The molecule has 0 fully saturated rings. The van der Waals surface area contributed by atoms with Gasteiger partial charge in [-0.1, -0.05) is 0 Å². The molecule has 0 bridgehead atoms. The fourth-order valence-electron chi connectivity index (χ4n) is 1.55. The molecule has 19 heavy (non-hydrogen) atoms. The number of amides is 1. The number of rotatable bonds is 4. The molecular formula is C14H14N2O2S. The molecule has 5 heteroatoms. The van der Waals surface area contributed by atoms with Crippen LogP contribution in [-0.2, 0) is 0 Å². The van der Waals surface area contributed by atoms with Gasteiger partial charge >= 0.3 is 0 Å². The maximum Gasteiger partial charge on any atom is 0.248 e. The van der Waals surface area contributed by atoms with E-state index in [0.717, 1.165) is 4.90 Å². The van der Waals surface area contributed by atoms with E-state index in [2.05, 4.69) is 0 Å². The Kier molecular flexibility index (Phi) is 3.97. The van der Waals surface area contributed by atoms with Gasteiger partial charge in [-0.15, -0.1) is 11.8 Å². The average molecular weight is 274 g/mol. The molecule has 98 valence electrons. The number of benzene rings is 2. The minimum Gasteiger partial charge on any atom is -0.455 e. The number of thioether (sulfide) groups is 1. The molecule has 4 N–H and O–H groups in total. The fraction of sp³-hybridized carbons (Fsp3) is 0.0714. The molecule has 0 heterocycles. The number of hydrogen-bond acceptors (Lipinski definition) is 4. The van der Waals surface area contributed by atoms with Gasteiger partial charge in [-0.05, 0) is 48.7 Å². The van der Waals surface area contributed by atoms with E-state index in [1.807, 2.05) is 30.5 Å². The van der Waals surface area contributed by atoms with Crippen molar-refractivity contribution in [2.45, 2.75) is 4.90 Å². The third-order valence-electron chi connectivity index (χ3n) is 2.59. The Bertz CT molecular complexity index is 597. The lowest BCUT2D eigenvalue weighted by Crippen LogP contribution is -2.11. The second-order valence-electron chi connectivity index (χ2n) is 3.89. The van der Waals surface area contributed by atoms with Crippen LogP contribution >= 0.6 is 11.8 Å². The molecule has 0 unspecified atom stereocenters. The Morgan fingerprint density at radius 3 is 2.42 bits per heavy atom. The minimum absolute atomic E-state index is 0.366. The second-order valence-corrected chi connectivity index (χ2v) is 4.77. The number of ether oxygens (including phenoxy) is 1. The van der Waals surface area contributed by atoms with Crippen LogP contribution in [0.3, 0.4) is 0 Å². The molecule has 4 nitrogen and oxygen atoms in total. The van der Waals surface area contributed by atoms with Crippen molar-refractivity contribution < 1.29 is 9.53 Å². The first-order chi connectivity index (χ1) is 9.10. The molecule has 0 aromatic heterocycles. The zero-order valence-corrected chi connectivity index (χ0v) is 11.2. The molecule has 0 atom stereocenters. The van der Waals surface area contributed by atoms with Crippen LogP contribution in [0, 0.1) is 0 Å². The zero-order valence-electron chi connectivity index (χ0n) is 10.4. The summed E-state index contributed by atoms with van der Waals surface area (Å²) in [5.41, 5.74) is 11.9. The normalized spacial score (nSPS) is 10.2. The van der Waals surface area contributed by atoms with Crippen LogP contribution in [0.1, 0.15) is 10.4 Å². The second kappa shape index (κ2) is 5.67. The Balaban J connectivity index is 2.26. The number of primary amides is 1. The van der Waals surface area contributed by atoms with E-state index in [1.54, 1.807) is 30.0 Å². The summed E-state index contributed by atoms with van der Waals surface area (Å²) in [7, 11) is 0. The van der Waals surface area contributed by atoms with Crippen LogP contribution < -0.4 is 16.2 Å². The Morgan fingerprint density at radius 1 is 1.16 bits per heavy atom. The summed E-state index contributed by atoms with van der Waals surface area (Å²) < 4.78 is 5.66. The van der Waals surface area contributed by atoms with E-state index >= 15 is 0 Å². The first-order valence-corrected chi connectivity index (χ1v) is 6.84. The largest absolute Gasteiger partial charge is 0.455 e. The van der Waals surface area contributed by atoms with Crippen molar-refractivity contribution in [1.82, 2.24) is 0 Å². The number of carbonyl (C=O) groups excluding carboxylic acids is 1. The highest BCUT2D eigenvalue weighted by molar-refractivity contribution is 7.98. The summed E-state index contributed by atoms with van der Waals surface area (Å²) in [6, 6.07) is 12.3. The Morgan fingerprint density at radius 2 is 1.84 bits per heavy atom. The van der Waals surface area contributed by atoms with Crippen molar-refractivity contribution in [2.24, 2.45) is 5.73 Å². The lowest BCUT2D eigenvalue weighted by atomic mass is 10.2. The van der Waals surface area contributed by atoms with Crippen molar-refractivity contribution in [2.75, 3.05) is 12.0 Å². The van der Waals surface area contributed by atoms with Gasteiger partial charge in [0.2, 0.25) is 5.91 Å². The number of nitrogens with two attached hydrogens (primary N) is 2. The van der Waals surface area contributed by atoms with Crippen molar-refractivity contribution in [1.29, 1.82) is 0 Å².